The van der Waals surface area contributed by atoms with Crippen molar-refractivity contribution in [1.29, 1.82) is 0 Å². The van der Waals surface area contributed by atoms with E-state index in [-0.39, 0.29) is 5.41 Å². The number of benzene rings is 1. The van der Waals surface area contributed by atoms with Crippen LogP contribution in [0.15, 0.2) is 29.2 Å². The van der Waals surface area contributed by atoms with Crippen molar-refractivity contribution in [3.8, 4) is 0 Å². The normalized spacial score (nSPS) is 12.7. The third-order valence-corrected chi connectivity index (χ3v) is 4.27. The summed E-state index contributed by atoms with van der Waals surface area (Å²) < 4.78 is 23.3. The summed E-state index contributed by atoms with van der Waals surface area (Å²) in [7, 11) is -3.23. The number of anilines is 1. The van der Waals surface area contributed by atoms with Gasteiger partial charge in [0.15, 0.2) is 9.84 Å². The van der Waals surface area contributed by atoms with E-state index in [0.29, 0.717) is 16.2 Å². The van der Waals surface area contributed by atoms with Crippen LogP contribution in [-0.4, -0.2) is 19.7 Å². The van der Waals surface area contributed by atoms with E-state index in [1.165, 1.54) is 6.26 Å². The van der Waals surface area contributed by atoms with Crippen LogP contribution in [0.25, 0.3) is 10.9 Å². The Morgan fingerprint density at radius 1 is 1.20 bits per heavy atom. The van der Waals surface area contributed by atoms with Crippen molar-refractivity contribution in [3.63, 3.8) is 0 Å². The van der Waals surface area contributed by atoms with E-state index in [0.717, 1.165) is 10.9 Å². The summed E-state index contributed by atoms with van der Waals surface area (Å²) in [5, 5.41) is 0.789. The lowest BCUT2D eigenvalue weighted by molar-refractivity contribution is 0.590. The zero-order valence-corrected chi connectivity index (χ0v) is 12.9. The van der Waals surface area contributed by atoms with Crippen LogP contribution in [0, 0.1) is 0 Å². The van der Waals surface area contributed by atoms with Gasteiger partial charge in [0.05, 0.1) is 10.4 Å². The average molecular weight is 293 g/mol. The molecule has 5 nitrogen and oxygen atoms in total. The van der Waals surface area contributed by atoms with Crippen molar-refractivity contribution in [3.05, 3.63) is 29.8 Å². The molecule has 2 aromatic rings. The molecule has 1 heterocycles. The molecule has 2 rings (SSSR count). The van der Waals surface area contributed by atoms with Crippen LogP contribution in [-0.2, 0) is 15.3 Å². The summed E-state index contributed by atoms with van der Waals surface area (Å²) in [6, 6.07) is 6.83. The Balaban J connectivity index is 2.77. The SMILES string of the molecule is CC(C)(C)c1cc2cc(S(C)(=O)=O)ccc2nc1NN. The van der Waals surface area contributed by atoms with Crippen LogP contribution in [0.2, 0.25) is 0 Å². The van der Waals surface area contributed by atoms with Crippen LogP contribution >= 0.6 is 0 Å². The monoisotopic (exact) mass is 293 g/mol. The summed E-state index contributed by atoms with van der Waals surface area (Å²) in [4.78, 5) is 4.74. The number of nitrogen functional groups attached to an aromatic ring is 1. The summed E-state index contributed by atoms with van der Waals surface area (Å²) in [5.41, 5.74) is 4.11. The van der Waals surface area contributed by atoms with E-state index in [1.54, 1.807) is 18.2 Å². The number of nitrogens with two attached hydrogens (primary N) is 1. The number of aromatic nitrogens is 1. The van der Waals surface area contributed by atoms with Crippen molar-refractivity contribution >= 4 is 26.6 Å². The fourth-order valence-electron chi connectivity index (χ4n) is 2.07. The number of rotatable bonds is 2. The molecule has 0 aliphatic carbocycles. The quantitative estimate of drug-likeness (QED) is 0.655. The maximum Gasteiger partial charge on any atom is 0.175 e. The Bertz CT molecular complexity index is 762. The molecule has 108 valence electrons. The van der Waals surface area contributed by atoms with Crippen LogP contribution in [0.5, 0.6) is 0 Å². The van der Waals surface area contributed by atoms with Crippen LogP contribution in [0.1, 0.15) is 26.3 Å². The molecule has 0 atom stereocenters. The van der Waals surface area contributed by atoms with Gasteiger partial charge in [-0.05, 0) is 29.7 Å². The van der Waals surface area contributed by atoms with Gasteiger partial charge in [-0.2, -0.15) is 0 Å². The molecule has 0 spiro atoms. The van der Waals surface area contributed by atoms with E-state index in [1.807, 2.05) is 6.07 Å². The first kappa shape index (κ1) is 14.7. The maximum atomic E-state index is 11.6. The highest BCUT2D eigenvalue weighted by Gasteiger charge is 2.20. The molecule has 0 aliphatic rings. The maximum absolute atomic E-state index is 11.6. The van der Waals surface area contributed by atoms with Gasteiger partial charge in [-0.3, -0.25) is 0 Å². The zero-order chi connectivity index (χ0) is 15.1. The van der Waals surface area contributed by atoms with Gasteiger partial charge in [-0.1, -0.05) is 20.8 Å². The molecule has 20 heavy (non-hydrogen) atoms. The highest BCUT2D eigenvalue weighted by molar-refractivity contribution is 7.90. The summed E-state index contributed by atoms with van der Waals surface area (Å²) in [5.74, 6) is 6.14. The number of nitrogens with zero attached hydrogens (tertiary/aromatic N) is 1. The predicted octanol–water partition coefficient (Wildman–Crippen LogP) is 2.22. The fraction of sp³-hybridized carbons (Fsp3) is 0.357. The second-order valence-electron chi connectivity index (χ2n) is 5.91. The van der Waals surface area contributed by atoms with Crippen molar-refractivity contribution in [1.82, 2.24) is 4.98 Å². The largest absolute Gasteiger partial charge is 0.308 e. The predicted molar refractivity (Wildman–Crippen MR) is 81.4 cm³/mol. The second kappa shape index (κ2) is 4.71. The van der Waals surface area contributed by atoms with Gasteiger partial charge in [0.2, 0.25) is 0 Å². The van der Waals surface area contributed by atoms with E-state index in [2.05, 4.69) is 31.2 Å². The van der Waals surface area contributed by atoms with Crippen LogP contribution < -0.4 is 11.3 Å². The molecule has 1 aromatic heterocycles. The number of sulfone groups is 1. The van der Waals surface area contributed by atoms with E-state index in [4.69, 9.17) is 5.84 Å². The van der Waals surface area contributed by atoms with Crippen molar-refractivity contribution < 1.29 is 8.42 Å². The lowest BCUT2D eigenvalue weighted by atomic mass is 9.86. The summed E-state index contributed by atoms with van der Waals surface area (Å²) in [6.45, 7) is 6.16. The summed E-state index contributed by atoms with van der Waals surface area (Å²) in [6.07, 6.45) is 1.20. The molecule has 0 aliphatic heterocycles. The molecular weight excluding hydrogens is 274 g/mol. The standard InChI is InChI=1S/C14H19N3O2S/c1-14(2,3)11-8-9-7-10(20(4,18)19)5-6-12(9)16-13(11)17-15/h5-8H,15H2,1-4H3,(H,16,17). The lowest BCUT2D eigenvalue weighted by Gasteiger charge is -2.22. The van der Waals surface area contributed by atoms with E-state index in [9.17, 15) is 8.42 Å². The smallest absolute Gasteiger partial charge is 0.175 e. The third-order valence-electron chi connectivity index (χ3n) is 3.16. The first-order valence-corrected chi connectivity index (χ1v) is 8.14. The first-order valence-electron chi connectivity index (χ1n) is 6.25. The lowest BCUT2D eigenvalue weighted by Crippen LogP contribution is -2.19. The Morgan fingerprint density at radius 2 is 1.85 bits per heavy atom. The molecule has 0 bridgehead atoms. The highest BCUT2D eigenvalue weighted by atomic mass is 32.2. The Kier molecular flexibility index (Phi) is 3.47. The minimum absolute atomic E-state index is 0.149. The van der Waals surface area contributed by atoms with Gasteiger partial charge < -0.3 is 5.43 Å². The minimum Gasteiger partial charge on any atom is -0.308 e. The minimum atomic E-state index is -3.23. The number of nitrogens with one attached hydrogen (secondary N) is 1. The van der Waals surface area contributed by atoms with Gasteiger partial charge in [-0.15, -0.1) is 0 Å². The number of hydrogen-bond acceptors (Lipinski definition) is 5. The third kappa shape index (κ3) is 2.76. The Hall–Kier alpha value is -1.66. The van der Waals surface area contributed by atoms with Gasteiger partial charge in [0, 0.05) is 17.2 Å². The molecule has 6 heteroatoms. The molecule has 1 aromatic carbocycles. The molecule has 0 saturated heterocycles. The van der Waals surface area contributed by atoms with E-state index >= 15 is 0 Å². The summed E-state index contributed by atoms with van der Waals surface area (Å²) >= 11 is 0. The highest BCUT2D eigenvalue weighted by Crippen LogP contribution is 2.31. The topological polar surface area (TPSA) is 85.1 Å². The number of hydrogen-bond donors (Lipinski definition) is 2. The van der Waals surface area contributed by atoms with Crippen molar-refractivity contribution in [2.75, 3.05) is 11.7 Å². The number of pyridine rings is 1. The fourth-order valence-corrected chi connectivity index (χ4v) is 2.72. The van der Waals surface area contributed by atoms with E-state index < -0.39 is 9.84 Å². The molecule has 0 saturated carbocycles. The van der Waals surface area contributed by atoms with Crippen LogP contribution in [0.3, 0.4) is 0 Å². The Morgan fingerprint density at radius 3 is 2.35 bits per heavy atom. The van der Waals surface area contributed by atoms with Gasteiger partial charge in [-0.25, -0.2) is 19.2 Å². The van der Waals surface area contributed by atoms with Crippen molar-refractivity contribution in [2.24, 2.45) is 5.84 Å². The molecular formula is C14H19N3O2S. The molecule has 0 amide bonds. The molecule has 3 N–H and O–H groups in total. The second-order valence-corrected chi connectivity index (χ2v) is 7.92. The molecule has 0 radical (unpaired) electrons. The molecule has 0 unspecified atom stereocenters. The van der Waals surface area contributed by atoms with Crippen LogP contribution in [0.4, 0.5) is 5.82 Å². The molecule has 0 fully saturated rings. The van der Waals surface area contributed by atoms with Gasteiger partial charge >= 0.3 is 0 Å². The number of hydrazine groups is 1. The first-order chi connectivity index (χ1) is 9.13. The average Bonchev–Trinajstić information content (AvgIpc) is 2.34. The zero-order valence-electron chi connectivity index (χ0n) is 12.1. The van der Waals surface area contributed by atoms with Crippen molar-refractivity contribution in [2.45, 2.75) is 31.1 Å². The van der Waals surface area contributed by atoms with Gasteiger partial charge in [0.25, 0.3) is 0 Å². The Labute approximate surface area is 119 Å². The number of fused-ring (bicyclic) bond motifs is 1. The van der Waals surface area contributed by atoms with Gasteiger partial charge in [0.1, 0.15) is 5.82 Å².